The van der Waals surface area contributed by atoms with Crippen LogP contribution < -0.4 is 19.5 Å². The van der Waals surface area contributed by atoms with Crippen molar-refractivity contribution in [2.45, 2.75) is 11.8 Å². The first kappa shape index (κ1) is 17.4. The molecule has 0 unspecified atom stereocenters. The smallest absolute Gasteiger partial charge is 0.263 e. The van der Waals surface area contributed by atoms with Gasteiger partial charge in [-0.2, -0.15) is 0 Å². The summed E-state index contributed by atoms with van der Waals surface area (Å²) in [5, 5.41) is 2.54. The summed E-state index contributed by atoms with van der Waals surface area (Å²) in [5.41, 5.74) is 0.627. The van der Waals surface area contributed by atoms with Crippen LogP contribution in [0.3, 0.4) is 0 Å². The molecule has 1 heterocycles. The van der Waals surface area contributed by atoms with E-state index in [-0.39, 0.29) is 28.2 Å². The highest BCUT2D eigenvalue weighted by molar-refractivity contribution is 7.92. The predicted octanol–water partition coefficient (Wildman–Crippen LogP) is 2.87. The maximum atomic E-state index is 12.7. The van der Waals surface area contributed by atoms with Crippen LogP contribution in [0.25, 0.3) is 0 Å². The molecule has 0 bridgehead atoms. The zero-order valence-electron chi connectivity index (χ0n) is 13.2. The van der Waals surface area contributed by atoms with Crippen LogP contribution in [-0.4, -0.2) is 27.5 Å². The normalized spacial score (nSPS) is 13.4. The average molecular weight is 383 g/mol. The molecule has 0 saturated heterocycles. The van der Waals surface area contributed by atoms with Crippen molar-refractivity contribution in [1.82, 2.24) is 0 Å². The first-order chi connectivity index (χ1) is 11.9. The summed E-state index contributed by atoms with van der Waals surface area (Å²) < 4.78 is 38.6. The number of hydrogen-bond donors (Lipinski definition) is 2. The van der Waals surface area contributed by atoms with Crippen molar-refractivity contribution in [3.63, 3.8) is 0 Å². The molecule has 2 aromatic rings. The second-order valence-corrected chi connectivity index (χ2v) is 7.21. The van der Waals surface area contributed by atoms with E-state index >= 15 is 0 Å². The summed E-state index contributed by atoms with van der Waals surface area (Å²) in [6.07, 6.45) is 0. The maximum Gasteiger partial charge on any atom is 0.263 e. The van der Waals surface area contributed by atoms with Gasteiger partial charge < -0.3 is 14.8 Å². The summed E-state index contributed by atoms with van der Waals surface area (Å²) in [6.45, 7) is 2.01. The first-order valence-corrected chi connectivity index (χ1v) is 9.27. The Morgan fingerprint density at radius 2 is 2.08 bits per heavy atom. The Bertz CT molecular complexity index is 930. The summed E-state index contributed by atoms with van der Waals surface area (Å²) in [6, 6.07) is 9.30. The van der Waals surface area contributed by atoms with Gasteiger partial charge in [0.15, 0.2) is 6.61 Å². The van der Waals surface area contributed by atoms with E-state index in [1.54, 1.807) is 31.2 Å². The Labute approximate surface area is 149 Å². The molecule has 0 atom stereocenters. The van der Waals surface area contributed by atoms with Crippen LogP contribution in [0.15, 0.2) is 41.3 Å². The van der Waals surface area contributed by atoms with E-state index in [4.69, 9.17) is 21.1 Å². The molecule has 3 rings (SSSR count). The van der Waals surface area contributed by atoms with Gasteiger partial charge in [0.05, 0.1) is 23.0 Å². The number of sulfonamides is 1. The quantitative estimate of drug-likeness (QED) is 0.829. The number of halogens is 1. The Morgan fingerprint density at radius 3 is 2.84 bits per heavy atom. The number of benzene rings is 2. The molecule has 7 nitrogen and oxygen atoms in total. The van der Waals surface area contributed by atoms with Gasteiger partial charge in [0.25, 0.3) is 15.9 Å². The number of para-hydroxylation sites is 2. The molecular formula is C16H15ClN2O5S. The lowest BCUT2D eigenvalue weighted by molar-refractivity contribution is -0.118. The minimum atomic E-state index is -3.99. The molecule has 132 valence electrons. The molecule has 2 N–H and O–H groups in total. The largest absolute Gasteiger partial charge is 0.492 e. The number of ether oxygens (including phenoxy) is 2. The minimum Gasteiger partial charge on any atom is -0.492 e. The summed E-state index contributed by atoms with van der Waals surface area (Å²) in [7, 11) is -3.99. The summed E-state index contributed by atoms with van der Waals surface area (Å²) in [4.78, 5) is 11.2. The van der Waals surface area contributed by atoms with Crippen LogP contribution in [0.4, 0.5) is 11.4 Å². The molecule has 25 heavy (non-hydrogen) atoms. The number of rotatable bonds is 5. The average Bonchev–Trinajstić information content (AvgIpc) is 2.55. The van der Waals surface area contributed by atoms with Gasteiger partial charge in [-0.05, 0) is 25.1 Å². The van der Waals surface area contributed by atoms with Crippen molar-refractivity contribution < 1.29 is 22.7 Å². The van der Waals surface area contributed by atoms with Gasteiger partial charge in [0.2, 0.25) is 0 Å². The maximum absolute atomic E-state index is 12.7. The Balaban J connectivity index is 1.97. The summed E-state index contributed by atoms with van der Waals surface area (Å²) in [5.74, 6) is 0.316. The topological polar surface area (TPSA) is 93.7 Å². The number of nitrogens with one attached hydrogen (secondary N) is 2. The molecule has 0 fully saturated rings. The highest BCUT2D eigenvalue weighted by atomic mass is 35.5. The Hall–Kier alpha value is -2.45. The highest BCUT2D eigenvalue weighted by Gasteiger charge is 2.25. The SMILES string of the molecule is CCOc1ccccc1NS(=O)(=O)c1cc2c(cc1Cl)NC(=O)CO2. The fourth-order valence-electron chi connectivity index (χ4n) is 2.32. The minimum absolute atomic E-state index is 0.0362. The van der Waals surface area contributed by atoms with E-state index in [1.165, 1.54) is 12.1 Å². The number of carbonyl (C=O) groups is 1. The van der Waals surface area contributed by atoms with Crippen LogP contribution >= 0.6 is 11.6 Å². The first-order valence-electron chi connectivity index (χ1n) is 7.41. The fraction of sp³-hybridized carbons (Fsp3) is 0.188. The molecule has 0 aromatic heterocycles. The van der Waals surface area contributed by atoms with E-state index in [0.29, 0.717) is 23.7 Å². The lowest BCUT2D eigenvalue weighted by Crippen LogP contribution is -2.26. The van der Waals surface area contributed by atoms with Crippen molar-refractivity contribution in [2.75, 3.05) is 23.3 Å². The third-order valence-corrected chi connectivity index (χ3v) is 5.22. The second kappa shape index (κ2) is 6.81. The zero-order valence-corrected chi connectivity index (χ0v) is 14.8. The van der Waals surface area contributed by atoms with E-state index in [0.717, 1.165) is 0 Å². The standard InChI is InChI=1S/C16H15ClN2O5S/c1-2-23-13-6-4-3-5-11(13)19-25(21,22)15-8-14-12(7-10(15)17)18-16(20)9-24-14/h3-8,19H,2,9H2,1H3,(H,18,20). The number of hydrogen-bond acceptors (Lipinski definition) is 5. The van der Waals surface area contributed by atoms with Crippen LogP contribution in [0, 0.1) is 0 Å². The molecule has 1 aliphatic heterocycles. The molecule has 2 aromatic carbocycles. The lowest BCUT2D eigenvalue weighted by atomic mass is 10.2. The third-order valence-electron chi connectivity index (χ3n) is 3.39. The molecule has 0 radical (unpaired) electrons. The van der Waals surface area contributed by atoms with E-state index in [2.05, 4.69) is 10.0 Å². The van der Waals surface area contributed by atoms with Crippen molar-refractivity contribution in [3.8, 4) is 11.5 Å². The van der Waals surface area contributed by atoms with Crippen molar-refractivity contribution in [2.24, 2.45) is 0 Å². The van der Waals surface area contributed by atoms with Gasteiger partial charge in [-0.3, -0.25) is 9.52 Å². The third kappa shape index (κ3) is 3.64. The van der Waals surface area contributed by atoms with Crippen LogP contribution in [0.5, 0.6) is 11.5 Å². The highest BCUT2D eigenvalue weighted by Crippen LogP contribution is 2.37. The van der Waals surface area contributed by atoms with E-state index in [1.807, 2.05) is 0 Å². The second-order valence-electron chi connectivity index (χ2n) is 5.15. The number of carbonyl (C=O) groups excluding carboxylic acids is 1. The molecule has 1 amide bonds. The van der Waals surface area contributed by atoms with Crippen LogP contribution in [0.2, 0.25) is 5.02 Å². The molecule has 9 heteroatoms. The number of amides is 1. The molecule has 1 aliphatic rings. The van der Waals surface area contributed by atoms with Crippen molar-refractivity contribution in [3.05, 3.63) is 41.4 Å². The fourth-order valence-corrected chi connectivity index (χ4v) is 3.93. The molecule has 0 spiro atoms. The zero-order chi connectivity index (χ0) is 18.0. The van der Waals surface area contributed by atoms with Gasteiger partial charge in [-0.25, -0.2) is 8.42 Å². The summed E-state index contributed by atoms with van der Waals surface area (Å²) >= 11 is 6.10. The Kier molecular flexibility index (Phi) is 4.73. The number of anilines is 2. The van der Waals surface area contributed by atoms with Crippen molar-refractivity contribution >= 4 is 38.9 Å². The van der Waals surface area contributed by atoms with E-state index in [9.17, 15) is 13.2 Å². The number of fused-ring (bicyclic) bond motifs is 1. The van der Waals surface area contributed by atoms with Gasteiger partial charge in [0, 0.05) is 6.07 Å². The predicted molar refractivity (Wildman–Crippen MR) is 94.0 cm³/mol. The monoisotopic (exact) mass is 382 g/mol. The van der Waals surface area contributed by atoms with Crippen LogP contribution in [0.1, 0.15) is 6.92 Å². The molecule has 0 saturated carbocycles. The van der Waals surface area contributed by atoms with Gasteiger partial charge in [0.1, 0.15) is 16.4 Å². The molecular weight excluding hydrogens is 368 g/mol. The van der Waals surface area contributed by atoms with Gasteiger partial charge in [-0.1, -0.05) is 23.7 Å². The molecule has 0 aliphatic carbocycles. The van der Waals surface area contributed by atoms with E-state index < -0.39 is 10.0 Å². The Morgan fingerprint density at radius 1 is 1.32 bits per heavy atom. The van der Waals surface area contributed by atoms with Gasteiger partial charge >= 0.3 is 0 Å². The lowest BCUT2D eigenvalue weighted by Gasteiger charge is -2.20. The van der Waals surface area contributed by atoms with Crippen LogP contribution in [-0.2, 0) is 14.8 Å². The van der Waals surface area contributed by atoms with Gasteiger partial charge in [-0.15, -0.1) is 0 Å². The van der Waals surface area contributed by atoms with Crippen molar-refractivity contribution in [1.29, 1.82) is 0 Å².